The summed E-state index contributed by atoms with van der Waals surface area (Å²) >= 11 is 3.50. The third-order valence-corrected chi connectivity index (χ3v) is 4.47. The second-order valence-electron chi connectivity index (χ2n) is 5.72. The van der Waals surface area contributed by atoms with Crippen LogP contribution in [0.1, 0.15) is 32.6 Å². The number of hydrogen-bond donors (Lipinski definition) is 1. The van der Waals surface area contributed by atoms with E-state index in [4.69, 9.17) is 10.5 Å². The molecule has 1 saturated carbocycles. The van der Waals surface area contributed by atoms with Crippen molar-refractivity contribution in [1.29, 1.82) is 0 Å². The number of ether oxygens (including phenoxy) is 1. The minimum absolute atomic E-state index is 0.269. The number of rotatable bonds is 2. The first-order valence-electron chi connectivity index (χ1n) is 7.14. The van der Waals surface area contributed by atoms with Gasteiger partial charge in [0.15, 0.2) is 5.75 Å². The number of anilines is 1. The largest absolute Gasteiger partial charge is 0.487 e. The Balaban J connectivity index is 1.97. The van der Waals surface area contributed by atoms with Crippen molar-refractivity contribution in [1.82, 2.24) is 4.98 Å². The summed E-state index contributed by atoms with van der Waals surface area (Å²) in [6.45, 7) is 2.29. The number of benzene rings is 1. The Hall–Kier alpha value is -1.29. The summed E-state index contributed by atoms with van der Waals surface area (Å²) in [6, 6.07) is 5.99. The summed E-state index contributed by atoms with van der Waals surface area (Å²) in [4.78, 5) is 4.36. The third-order valence-electron chi connectivity index (χ3n) is 3.98. The van der Waals surface area contributed by atoms with E-state index in [0.29, 0.717) is 5.69 Å². The molecule has 2 unspecified atom stereocenters. The average Bonchev–Trinajstić information content (AvgIpc) is 2.42. The molecule has 1 aromatic carbocycles. The molecular formula is C16H19BrN2O. The molecule has 1 aliphatic rings. The zero-order valence-electron chi connectivity index (χ0n) is 11.6. The van der Waals surface area contributed by atoms with Crippen molar-refractivity contribution in [2.45, 2.75) is 38.7 Å². The normalized spacial score (nSPS) is 22.9. The molecule has 0 amide bonds. The van der Waals surface area contributed by atoms with E-state index in [0.717, 1.165) is 39.9 Å². The first-order valence-corrected chi connectivity index (χ1v) is 7.93. The molecule has 0 saturated heterocycles. The van der Waals surface area contributed by atoms with E-state index >= 15 is 0 Å². The minimum Gasteiger partial charge on any atom is -0.487 e. The van der Waals surface area contributed by atoms with E-state index in [9.17, 15) is 0 Å². The topological polar surface area (TPSA) is 48.1 Å². The van der Waals surface area contributed by atoms with E-state index in [1.54, 1.807) is 6.20 Å². The molecule has 0 spiro atoms. The Morgan fingerprint density at radius 1 is 1.35 bits per heavy atom. The number of hydrogen-bond acceptors (Lipinski definition) is 3. The molecule has 1 aromatic heterocycles. The zero-order valence-corrected chi connectivity index (χ0v) is 13.2. The molecule has 0 radical (unpaired) electrons. The van der Waals surface area contributed by atoms with Crippen molar-refractivity contribution in [2.24, 2.45) is 5.92 Å². The number of nitrogens with zero attached hydrogens (tertiary/aromatic N) is 1. The smallest absolute Gasteiger partial charge is 0.153 e. The monoisotopic (exact) mass is 334 g/mol. The third kappa shape index (κ3) is 2.75. The minimum atomic E-state index is 0.269. The fourth-order valence-corrected chi connectivity index (χ4v) is 3.30. The van der Waals surface area contributed by atoms with Gasteiger partial charge in [0.1, 0.15) is 0 Å². The molecule has 2 N–H and O–H groups in total. The standard InChI is InChI=1S/C16H19BrN2O/c1-10-3-2-4-12(7-10)20-16-13-8-11(17)5-6-15(13)19-9-14(16)18/h5-6,8-10,12H,2-4,7,18H2,1H3. The molecule has 0 bridgehead atoms. The zero-order chi connectivity index (χ0) is 14.1. The van der Waals surface area contributed by atoms with Gasteiger partial charge in [0.05, 0.1) is 23.5 Å². The van der Waals surface area contributed by atoms with Crippen LogP contribution in [0.4, 0.5) is 5.69 Å². The van der Waals surface area contributed by atoms with E-state index < -0.39 is 0 Å². The first kappa shape index (κ1) is 13.7. The summed E-state index contributed by atoms with van der Waals surface area (Å²) < 4.78 is 7.25. The van der Waals surface area contributed by atoms with Crippen LogP contribution in [-0.2, 0) is 0 Å². The highest BCUT2D eigenvalue weighted by molar-refractivity contribution is 9.10. The summed E-state index contributed by atoms with van der Waals surface area (Å²) in [5.74, 6) is 1.52. The van der Waals surface area contributed by atoms with Gasteiger partial charge in [-0.15, -0.1) is 0 Å². The number of halogens is 1. The Kier molecular flexibility index (Phi) is 3.83. The maximum absolute atomic E-state index is 6.24. The molecule has 20 heavy (non-hydrogen) atoms. The molecule has 4 heteroatoms. The van der Waals surface area contributed by atoms with Gasteiger partial charge in [-0.05, 0) is 43.4 Å². The number of fused-ring (bicyclic) bond motifs is 1. The predicted octanol–water partition coefficient (Wildman–Crippen LogP) is 4.54. The highest BCUT2D eigenvalue weighted by atomic mass is 79.9. The fourth-order valence-electron chi connectivity index (χ4n) is 2.94. The van der Waals surface area contributed by atoms with Gasteiger partial charge < -0.3 is 10.5 Å². The van der Waals surface area contributed by atoms with Gasteiger partial charge in [-0.1, -0.05) is 29.3 Å². The highest BCUT2D eigenvalue weighted by Crippen LogP contribution is 2.35. The first-order chi connectivity index (χ1) is 9.63. The molecular weight excluding hydrogens is 316 g/mol. The summed E-state index contributed by atoms with van der Waals surface area (Å²) in [5, 5.41) is 0.984. The lowest BCUT2D eigenvalue weighted by atomic mass is 9.88. The lowest BCUT2D eigenvalue weighted by Gasteiger charge is -2.28. The van der Waals surface area contributed by atoms with Gasteiger partial charge in [-0.3, -0.25) is 4.98 Å². The highest BCUT2D eigenvalue weighted by Gasteiger charge is 2.22. The van der Waals surface area contributed by atoms with Crippen LogP contribution in [0.2, 0.25) is 0 Å². The summed E-state index contributed by atoms with van der Waals surface area (Å²) in [7, 11) is 0. The van der Waals surface area contributed by atoms with Crippen LogP contribution in [0, 0.1) is 5.92 Å². The Bertz CT molecular complexity index is 624. The van der Waals surface area contributed by atoms with E-state index in [2.05, 4.69) is 27.8 Å². The molecule has 1 aliphatic carbocycles. The summed E-state index contributed by atoms with van der Waals surface area (Å²) in [5.41, 5.74) is 7.62. The van der Waals surface area contributed by atoms with Gasteiger partial charge in [0, 0.05) is 9.86 Å². The van der Waals surface area contributed by atoms with E-state index in [-0.39, 0.29) is 6.10 Å². The lowest BCUT2D eigenvalue weighted by Crippen LogP contribution is -2.24. The fraction of sp³-hybridized carbons (Fsp3) is 0.438. The van der Waals surface area contributed by atoms with E-state index in [1.807, 2.05) is 18.2 Å². The predicted molar refractivity (Wildman–Crippen MR) is 85.9 cm³/mol. The second kappa shape index (κ2) is 5.60. The van der Waals surface area contributed by atoms with Crippen LogP contribution < -0.4 is 10.5 Å². The van der Waals surface area contributed by atoms with Crippen LogP contribution in [0.25, 0.3) is 10.9 Å². The molecule has 3 nitrogen and oxygen atoms in total. The Labute approximate surface area is 127 Å². The van der Waals surface area contributed by atoms with Gasteiger partial charge in [0.2, 0.25) is 0 Å². The Morgan fingerprint density at radius 3 is 3.00 bits per heavy atom. The van der Waals surface area contributed by atoms with Crippen molar-refractivity contribution in [2.75, 3.05) is 5.73 Å². The van der Waals surface area contributed by atoms with Gasteiger partial charge in [0.25, 0.3) is 0 Å². The molecule has 0 aliphatic heterocycles. The molecule has 3 rings (SSSR count). The number of nitrogens with two attached hydrogens (primary N) is 1. The number of pyridine rings is 1. The van der Waals surface area contributed by atoms with Crippen LogP contribution >= 0.6 is 15.9 Å². The second-order valence-corrected chi connectivity index (χ2v) is 6.63. The van der Waals surface area contributed by atoms with Crippen LogP contribution in [0.15, 0.2) is 28.9 Å². The van der Waals surface area contributed by atoms with Crippen LogP contribution in [0.3, 0.4) is 0 Å². The summed E-state index contributed by atoms with van der Waals surface area (Å²) in [6.07, 6.45) is 6.72. The van der Waals surface area contributed by atoms with Crippen LogP contribution in [0.5, 0.6) is 5.75 Å². The van der Waals surface area contributed by atoms with Crippen molar-refractivity contribution in [3.8, 4) is 5.75 Å². The average molecular weight is 335 g/mol. The number of nitrogen functional groups attached to an aromatic ring is 1. The Morgan fingerprint density at radius 2 is 2.20 bits per heavy atom. The molecule has 1 fully saturated rings. The van der Waals surface area contributed by atoms with Gasteiger partial charge in [-0.25, -0.2) is 0 Å². The van der Waals surface area contributed by atoms with E-state index in [1.165, 1.54) is 12.8 Å². The maximum Gasteiger partial charge on any atom is 0.153 e. The molecule has 2 atom stereocenters. The maximum atomic E-state index is 6.24. The van der Waals surface area contributed by atoms with Crippen molar-refractivity contribution in [3.05, 3.63) is 28.9 Å². The van der Waals surface area contributed by atoms with Gasteiger partial charge >= 0.3 is 0 Å². The van der Waals surface area contributed by atoms with Crippen molar-refractivity contribution in [3.63, 3.8) is 0 Å². The quantitative estimate of drug-likeness (QED) is 0.877. The SMILES string of the molecule is CC1CCCC(Oc2c(N)cnc3ccc(Br)cc23)C1. The molecule has 1 heterocycles. The lowest BCUT2D eigenvalue weighted by molar-refractivity contribution is 0.131. The van der Waals surface area contributed by atoms with Crippen molar-refractivity contribution >= 4 is 32.5 Å². The van der Waals surface area contributed by atoms with Gasteiger partial charge in [-0.2, -0.15) is 0 Å². The number of aromatic nitrogens is 1. The van der Waals surface area contributed by atoms with Crippen molar-refractivity contribution < 1.29 is 4.74 Å². The molecule has 106 valence electrons. The molecule has 2 aromatic rings. The van der Waals surface area contributed by atoms with Crippen LogP contribution in [-0.4, -0.2) is 11.1 Å².